The summed E-state index contributed by atoms with van der Waals surface area (Å²) in [6.45, 7) is 6.33. The molecule has 0 atom stereocenters. The molecule has 0 saturated heterocycles. The first-order valence-corrected chi connectivity index (χ1v) is 5.94. The van der Waals surface area contributed by atoms with Gasteiger partial charge < -0.3 is 15.4 Å². The van der Waals surface area contributed by atoms with Crippen molar-refractivity contribution in [3.8, 4) is 0 Å². The lowest BCUT2D eigenvalue weighted by Crippen LogP contribution is -2.26. The maximum atomic E-state index is 11.1. The molecule has 0 aliphatic heterocycles. The third-order valence-corrected chi connectivity index (χ3v) is 2.48. The zero-order valence-electron chi connectivity index (χ0n) is 11.6. The lowest BCUT2D eigenvalue weighted by Gasteiger charge is -2.19. The van der Waals surface area contributed by atoms with Crippen LogP contribution < -0.4 is 10.6 Å². The fourth-order valence-electron chi connectivity index (χ4n) is 1.58. The zero-order valence-corrected chi connectivity index (χ0v) is 11.6. The first kappa shape index (κ1) is 15.1. The molecule has 1 aromatic rings. The molecule has 0 unspecified atom stereocenters. The average molecular weight is 269 g/mol. The van der Waals surface area contributed by atoms with E-state index in [2.05, 4.69) is 9.97 Å². The summed E-state index contributed by atoms with van der Waals surface area (Å²) in [6, 6.07) is 0. The van der Waals surface area contributed by atoms with E-state index in [0.717, 1.165) is 0 Å². The Morgan fingerprint density at radius 3 is 2.63 bits per heavy atom. The number of ether oxygens (including phenoxy) is 1. The minimum Gasteiger partial charge on any atom is -0.377 e. The first-order chi connectivity index (χ1) is 8.82. The van der Waals surface area contributed by atoms with Crippen LogP contribution in [0, 0.1) is 17.0 Å². The van der Waals surface area contributed by atoms with Gasteiger partial charge >= 0.3 is 5.69 Å². The van der Waals surface area contributed by atoms with E-state index in [4.69, 9.17) is 10.5 Å². The fraction of sp³-hybridized carbons (Fsp3) is 0.636. The van der Waals surface area contributed by atoms with E-state index in [9.17, 15) is 10.1 Å². The van der Waals surface area contributed by atoms with Crippen LogP contribution in [-0.2, 0) is 4.74 Å². The van der Waals surface area contributed by atoms with Crippen LogP contribution >= 0.6 is 0 Å². The van der Waals surface area contributed by atoms with Crippen LogP contribution in [0.4, 0.5) is 17.5 Å². The number of aryl methyl sites for hydroxylation is 1. The highest BCUT2D eigenvalue weighted by atomic mass is 16.6. The summed E-state index contributed by atoms with van der Waals surface area (Å²) in [7, 11) is 1.71. The Balaban J connectivity index is 2.94. The van der Waals surface area contributed by atoms with Crippen LogP contribution in [0.5, 0.6) is 0 Å². The molecular weight excluding hydrogens is 250 g/mol. The third-order valence-electron chi connectivity index (χ3n) is 2.48. The number of nitrogens with zero attached hydrogens (tertiary/aromatic N) is 4. The van der Waals surface area contributed by atoms with Crippen LogP contribution in [0.25, 0.3) is 0 Å². The highest BCUT2D eigenvalue weighted by Gasteiger charge is 2.24. The second-order valence-electron chi connectivity index (χ2n) is 4.44. The van der Waals surface area contributed by atoms with Gasteiger partial charge in [0.1, 0.15) is 5.69 Å². The van der Waals surface area contributed by atoms with Crippen molar-refractivity contribution in [2.75, 3.05) is 30.8 Å². The molecule has 1 aromatic heterocycles. The molecule has 0 radical (unpaired) electrons. The van der Waals surface area contributed by atoms with Crippen molar-refractivity contribution < 1.29 is 9.66 Å². The zero-order chi connectivity index (χ0) is 14.6. The Bertz CT molecular complexity index is 464. The van der Waals surface area contributed by atoms with Crippen LogP contribution in [-0.4, -0.2) is 41.2 Å². The number of nitro groups is 1. The predicted molar refractivity (Wildman–Crippen MR) is 72.2 cm³/mol. The number of nitrogens with two attached hydrogens (primary N) is 1. The summed E-state index contributed by atoms with van der Waals surface area (Å²) in [6.07, 6.45) is 0.112. The fourth-order valence-corrected chi connectivity index (χ4v) is 1.58. The van der Waals surface area contributed by atoms with Crippen LogP contribution in [0.3, 0.4) is 0 Å². The minimum absolute atomic E-state index is 0.0229. The number of hydrogen-bond acceptors (Lipinski definition) is 7. The number of aromatic nitrogens is 2. The number of rotatable bonds is 6. The van der Waals surface area contributed by atoms with Crippen molar-refractivity contribution in [1.82, 2.24) is 9.97 Å². The third kappa shape index (κ3) is 4.02. The normalized spacial score (nSPS) is 10.8. The molecule has 0 aliphatic rings. The van der Waals surface area contributed by atoms with E-state index in [1.807, 2.05) is 13.8 Å². The Morgan fingerprint density at radius 1 is 1.47 bits per heavy atom. The molecular formula is C11H19N5O3. The molecule has 0 fully saturated rings. The van der Waals surface area contributed by atoms with Gasteiger partial charge in [-0.25, -0.2) is 4.98 Å². The Labute approximate surface area is 111 Å². The lowest BCUT2D eigenvalue weighted by atomic mass is 10.3. The van der Waals surface area contributed by atoms with Gasteiger partial charge in [0.25, 0.3) is 0 Å². The summed E-state index contributed by atoms with van der Waals surface area (Å²) < 4.78 is 5.41. The van der Waals surface area contributed by atoms with E-state index >= 15 is 0 Å². The van der Waals surface area contributed by atoms with Crippen LogP contribution in [0.15, 0.2) is 0 Å². The van der Waals surface area contributed by atoms with Gasteiger partial charge in [-0.1, -0.05) is 0 Å². The lowest BCUT2D eigenvalue weighted by molar-refractivity contribution is -0.385. The highest BCUT2D eigenvalue weighted by molar-refractivity contribution is 5.61. The van der Waals surface area contributed by atoms with Crippen molar-refractivity contribution in [2.24, 2.45) is 0 Å². The Kier molecular flexibility index (Phi) is 4.99. The number of hydrogen-bond donors (Lipinski definition) is 1. The summed E-state index contributed by atoms with van der Waals surface area (Å²) in [4.78, 5) is 20.0. The number of likely N-dealkylation sites (N-methyl/N-ethyl adjacent to an activating group) is 1. The van der Waals surface area contributed by atoms with Crippen molar-refractivity contribution >= 4 is 17.5 Å². The molecule has 8 heteroatoms. The smallest absolute Gasteiger partial charge is 0.332 e. The Morgan fingerprint density at radius 2 is 2.11 bits per heavy atom. The predicted octanol–water partition coefficient (Wildman–Crippen LogP) is 1.14. The summed E-state index contributed by atoms with van der Waals surface area (Å²) in [5.41, 5.74) is 5.67. The average Bonchev–Trinajstić information content (AvgIpc) is 2.26. The van der Waals surface area contributed by atoms with Gasteiger partial charge in [-0.2, -0.15) is 4.98 Å². The van der Waals surface area contributed by atoms with Crippen molar-refractivity contribution in [2.45, 2.75) is 26.9 Å². The van der Waals surface area contributed by atoms with E-state index < -0.39 is 4.92 Å². The van der Waals surface area contributed by atoms with Crippen LogP contribution in [0.1, 0.15) is 19.5 Å². The van der Waals surface area contributed by atoms with E-state index in [0.29, 0.717) is 13.2 Å². The summed E-state index contributed by atoms with van der Waals surface area (Å²) in [5, 5.41) is 11.1. The first-order valence-electron chi connectivity index (χ1n) is 5.94. The highest BCUT2D eigenvalue weighted by Crippen LogP contribution is 2.28. The van der Waals surface area contributed by atoms with Gasteiger partial charge in [0.15, 0.2) is 0 Å². The number of anilines is 2. The van der Waals surface area contributed by atoms with Gasteiger partial charge in [-0.3, -0.25) is 10.1 Å². The summed E-state index contributed by atoms with van der Waals surface area (Å²) in [5.74, 6) is 0.233. The molecule has 106 valence electrons. The molecule has 0 spiro atoms. The molecule has 1 rings (SSSR count). The molecule has 0 aliphatic carbocycles. The topological polar surface area (TPSA) is 107 Å². The molecule has 0 amide bonds. The molecule has 0 saturated carbocycles. The Hall–Kier alpha value is -1.96. The maximum Gasteiger partial charge on any atom is 0.332 e. The molecule has 0 aromatic carbocycles. The molecule has 19 heavy (non-hydrogen) atoms. The summed E-state index contributed by atoms with van der Waals surface area (Å²) >= 11 is 0. The van der Waals surface area contributed by atoms with Crippen molar-refractivity contribution in [3.05, 3.63) is 15.8 Å². The molecule has 1 heterocycles. The minimum atomic E-state index is -0.496. The SMILES string of the molecule is Cc1nc(N)nc(N(C)CCOC(C)C)c1[N+](=O)[O-]. The standard InChI is InChI=1S/C11H19N5O3/c1-7(2)19-6-5-15(4)10-9(16(17)18)8(3)13-11(12)14-10/h7H,5-6H2,1-4H3,(H2,12,13,14). The second kappa shape index (κ2) is 6.28. The van der Waals surface area contributed by atoms with Gasteiger partial charge in [-0.05, 0) is 20.8 Å². The molecule has 8 nitrogen and oxygen atoms in total. The van der Waals surface area contributed by atoms with Gasteiger partial charge in [0.2, 0.25) is 11.8 Å². The van der Waals surface area contributed by atoms with Crippen molar-refractivity contribution in [1.29, 1.82) is 0 Å². The number of nitrogen functional groups attached to an aromatic ring is 1. The van der Waals surface area contributed by atoms with Gasteiger partial charge in [0, 0.05) is 13.6 Å². The van der Waals surface area contributed by atoms with E-state index in [1.54, 1.807) is 11.9 Å². The van der Waals surface area contributed by atoms with Crippen LogP contribution in [0.2, 0.25) is 0 Å². The van der Waals surface area contributed by atoms with Gasteiger partial charge in [0.05, 0.1) is 17.6 Å². The van der Waals surface area contributed by atoms with E-state index in [1.165, 1.54) is 6.92 Å². The van der Waals surface area contributed by atoms with Gasteiger partial charge in [-0.15, -0.1) is 0 Å². The second-order valence-corrected chi connectivity index (χ2v) is 4.44. The molecule has 2 N–H and O–H groups in total. The maximum absolute atomic E-state index is 11.1. The van der Waals surface area contributed by atoms with E-state index in [-0.39, 0.29) is 29.3 Å². The molecule has 0 bridgehead atoms. The quantitative estimate of drug-likeness (QED) is 0.609. The van der Waals surface area contributed by atoms with Crippen molar-refractivity contribution in [3.63, 3.8) is 0 Å². The monoisotopic (exact) mass is 269 g/mol. The largest absolute Gasteiger partial charge is 0.377 e.